The van der Waals surface area contributed by atoms with Gasteiger partial charge >= 0.3 is 17.9 Å². The summed E-state index contributed by atoms with van der Waals surface area (Å²) in [7, 11) is 0. The van der Waals surface area contributed by atoms with Crippen LogP contribution in [0.25, 0.3) is 0 Å². The number of rotatable bonds is 69. The van der Waals surface area contributed by atoms with Crippen LogP contribution in [0.15, 0.2) is 0 Å². The van der Waals surface area contributed by atoms with Crippen molar-refractivity contribution in [1.82, 2.24) is 0 Å². The summed E-state index contributed by atoms with van der Waals surface area (Å²) in [6, 6.07) is 0. The Morgan fingerprint density at radius 2 is 0.386 bits per heavy atom. The molecule has 0 saturated heterocycles. The monoisotopic (exact) mass is 1240 g/mol. The molecule has 0 aromatic carbocycles. The van der Waals surface area contributed by atoms with Crippen LogP contribution >= 0.6 is 0 Å². The molecule has 4 N–H and O–H groups in total. The molecule has 0 spiro atoms. The predicted molar refractivity (Wildman–Crippen MR) is 379 cm³/mol. The van der Waals surface area contributed by atoms with Gasteiger partial charge in [0, 0.05) is 0 Å². The summed E-state index contributed by atoms with van der Waals surface area (Å²) < 4.78 is 0. The van der Waals surface area contributed by atoms with Crippen molar-refractivity contribution in [3.63, 3.8) is 0 Å². The molecule has 8 nitrogen and oxygen atoms in total. The molecule has 0 radical (unpaired) electrons. The van der Waals surface area contributed by atoms with Crippen molar-refractivity contribution in [1.29, 1.82) is 0 Å². The summed E-state index contributed by atoms with van der Waals surface area (Å²) in [5.74, 6) is -5.58. The third kappa shape index (κ3) is 27.5. The van der Waals surface area contributed by atoms with Gasteiger partial charge in [-0.25, -0.2) is 4.79 Å². The first kappa shape index (κ1) is 86.0. The summed E-state index contributed by atoms with van der Waals surface area (Å²) in [4.78, 5) is 66.6. The lowest BCUT2D eigenvalue weighted by Crippen LogP contribution is -2.82. The maximum absolute atomic E-state index is 17.1. The second-order valence-corrected chi connectivity index (χ2v) is 29.1. The third-order valence-corrected chi connectivity index (χ3v) is 22.3. The first-order chi connectivity index (χ1) is 42.6. The SMILES string of the molecule is CCCCCCCCCC(CCCCCC)(CCCCCCCC)C(C(C)=O)(C(=O)O)C(O)(C(=O)O)C(C(=O)O)(C(CCCCCC)(CCCCCCCC)CCCCCCCCC)C(CCCCCC)(CCCCCCCC)CCCCCCCCC. The maximum atomic E-state index is 17.1. The predicted octanol–water partition coefficient (Wildman–Crippen LogP) is 26.1. The fraction of sp³-hybridized carbons (Fsp3) is 0.950. The number of carboxylic acids is 3. The van der Waals surface area contributed by atoms with E-state index in [0.29, 0.717) is 96.3 Å². The number of aliphatic carboxylic acids is 3. The fourth-order valence-electron chi connectivity index (χ4n) is 17.6. The molecule has 0 aliphatic rings. The topological polar surface area (TPSA) is 149 Å². The molecule has 0 heterocycles. The lowest BCUT2D eigenvalue weighted by molar-refractivity contribution is -0.290. The van der Waals surface area contributed by atoms with Crippen LogP contribution in [0.2, 0.25) is 0 Å². The lowest BCUT2D eigenvalue weighted by Gasteiger charge is -2.68. The van der Waals surface area contributed by atoms with Crippen LogP contribution < -0.4 is 0 Å². The molecule has 5 atom stereocenters. The number of hydrogen-bond acceptors (Lipinski definition) is 5. The Labute approximate surface area is 547 Å². The van der Waals surface area contributed by atoms with E-state index in [1.807, 2.05) is 0 Å². The zero-order valence-electron chi connectivity index (χ0n) is 60.8. The van der Waals surface area contributed by atoms with Crippen LogP contribution in [-0.4, -0.2) is 49.7 Å². The van der Waals surface area contributed by atoms with Crippen LogP contribution in [0, 0.1) is 27.1 Å². The zero-order chi connectivity index (χ0) is 65.7. The highest BCUT2D eigenvalue weighted by Crippen LogP contribution is 2.75. The molecule has 5 unspecified atom stereocenters. The number of carbonyl (C=O) groups excluding carboxylic acids is 1. The van der Waals surface area contributed by atoms with E-state index in [0.717, 1.165) is 270 Å². The number of unbranched alkanes of at least 4 members (excludes halogenated alkanes) is 42. The molecule has 522 valence electrons. The molecule has 0 aromatic heterocycles. The second kappa shape index (κ2) is 53.4. The number of Topliss-reactive ketones (excluding diaryl/α,β-unsaturated/α-hetero) is 1. The molecule has 88 heavy (non-hydrogen) atoms. The Hall–Kier alpha value is -1.96. The largest absolute Gasteiger partial charge is 0.481 e. The number of hydrogen-bond donors (Lipinski definition) is 4. The van der Waals surface area contributed by atoms with Crippen LogP contribution in [0.4, 0.5) is 0 Å². The molecule has 0 fully saturated rings. The highest BCUT2D eigenvalue weighted by Gasteiger charge is 2.87. The Balaban J connectivity index is 10.6. The van der Waals surface area contributed by atoms with E-state index in [4.69, 9.17) is 0 Å². The first-order valence-corrected chi connectivity index (χ1v) is 39.5. The summed E-state index contributed by atoms with van der Waals surface area (Å²) in [6.07, 6.45) is 50.8. The van der Waals surface area contributed by atoms with Crippen molar-refractivity contribution in [2.45, 2.75) is 460 Å². The zero-order valence-corrected chi connectivity index (χ0v) is 60.8. The number of aliphatic hydroxyl groups is 1. The third-order valence-electron chi connectivity index (χ3n) is 22.3. The van der Waals surface area contributed by atoms with Crippen molar-refractivity contribution in [3.8, 4) is 0 Å². The van der Waals surface area contributed by atoms with Gasteiger partial charge in [0.05, 0.1) is 0 Å². The molecule has 0 aromatic rings. The molecule has 0 aliphatic heterocycles. The minimum atomic E-state index is -3.54. The fourth-order valence-corrected chi connectivity index (χ4v) is 17.6. The summed E-state index contributed by atoms with van der Waals surface area (Å²) in [5, 5.41) is 56.6. The Morgan fingerprint density at radius 1 is 0.227 bits per heavy atom. The Bertz CT molecular complexity index is 1610. The summed E-state index contributed by atoms with van der Waals surface area (Å²) in [6.45, 7) is 21.2. The van der Waals surface area contributed by atoms with Gasteiger partial charge in [-0.3, -0.25) is 14.4 Å². The van der Waals surface area contributed by atoms with Crippen molar-refractivity contribution >= 4 is 23.7 Å². The minimum Gasteiger partial charge on any atom is -0.481 e. The van der Waals surface area contributed by atoms with Crippen LogP contribution in [0.5, 0.6) is 0 Å². The Morgan fingerprint density at radius 3 is 0.534 bits per heavy atom. The van der Waals surface area contributed by atoms with Gasteiger partial charge in [-0.1, -0.05) is 390 Å². The smallest absolute Gasteiger partial charge is 0.338 e. The van der Waals surface area contributed by atoms with Crippen molar-refractivity contribution in [2.75, 3.05) is 0 Å². The molecule has 0 aliphatic carbocycles. The summed E-state index contributed by atoms with van der Waals surface area (Å²) in [5.41, 5.74) is -13.4. The van der Waals surface area contributed by atoms with Crippen LogP contribution in [0.3, 0.4) is 0 Å². The molecule has 0 rings (SSSR count). The number of carboxylic acid groups (broad SMARTS) is 3. The van der Waals surface area contributed by atoms with E-state index in [1.165, 1.54) is 6.92 Å². The van der Waals surface area contributed by atoms with Gasteiger partial charge in [-0.05, 0) is 81.0 Å². The molecule has 0 saturated carbocycles. The van der Waals surface area contributed by atoms with E-state index in [-0.39, 0.29) is 19.3 Å². The van der Waals surface area contributed by atoms with Crippen molar-refractivity contribution < 1.29 is 39.6 Å². The van der Waals surface area contributed by atoms with Crippen LogP contribution in [0.1, 0.15) is 454 Å². The quantitative estimate of drug-likeness (QED) is 0.0347. The van der Waals surface area contributed by atoms with Gasteiger partial charge in [0.15, 0.2) is 11.2 Å². The maximum Gasteiger partial charge on any atom is 0.338 e. The van der Waals surface area contributed by atoms with E-state index >= 15 is 24.3 Å². The van der Waals surface area contributed by atoms with Gasteiger partial charge in [-0.15, -0.1) is 0 Å². The molecule has 0 amide bonds. The normalized spacial score (nSPS) is 16.1. The molecule has 0 bridgehead atoms. The van der Waals surface area contributed by atoms with E-state index in [9.17, 15) is 15.3 Å². The number of ketones is 1. The van der Waals surface area contributed by atoms with Crippen molar-refractivity contribution in [2.24, 2.45) is 27.1 Å². The molecular weight excluding hydrogens is 1090 g/mol. The minimum absolute atomic E-state index is 0.256. The van der Waals surface area contributed by atoms with Gasteiger partial charge in [-0.2, -0.15) is 0 Å². The van der Waals surface area contributed by atoms with E-state index in [2.05, 4.69) is 62.3 Å². The van der Waals surface area contributed by atoms with Gasteiger partial charge in [0.2, 0.25) is 5.60 Å². The van der Waals surface area contributed by atoms with Gasteiger partial charge in [0.25, 0.3) is 0 Å². The van der Waals surface area contributed by atoms with Crippen molar-refractivity contribution in [3.05, 3.63) is 0 Å². The first-order valence-electron chi connectivity index (χ1n) is 39.5. The molecule has 8 heteroatoms. The highest BCUT2D eigenvalue weighted by atomic mass is 16.4. The van der Waals surface area contributed by atoms with E-state index < -0.39 is 56.4 Å². The standard InChI is InChI=1S/C80H154O8/c1-11-20-29-38-44-50-57-64-75(62-53-35-26-17-7,63-56-47-41-32-23-14-4)78(71(10)81,72(82)83)80(88,74(86)87)79(73(84)85,76(65-54-36-27-18-8,67-58-48-42-33-24-15-5)69-60-51-45-39-30-21-12-2)77(66-55-37-28-19-9,68-59-49-43-34-25-16-6)70-61-52-46-40-31-22-13-3/h88H,11-70H2,1-10H3,(H,82,83)(H,84,85)(H,86,87). The second-order valence-electron chi connectivity index (χ2n) is 29.1. The summed E-state index contributed by atoms with van der Waals surface area (Å²) >= 11 is 0. The Kier molecular flexibility index (Phi) is 52.2. The average molecular weight is 1240 g/mol. The van der Waals surface area contributed by atoms with E-state index in [1.54, 1.807) is 0 Å². The highest BCUT2D eigenvalue weighted by molar-refractivity contribution is 6.11. The number of carbonyl (C=O) groups is 4. The average Bonchev–Trinajstić information content (AvgIpc) is 0.717. The van der Waals surface area contributed by atoms with Gasteiger partial charge in [0.1, 0.15) is 5.41 Å². The van der Waals surface area contributed by atoms with Gasteiger partial charge < -0.3 is 20.4 Å². The van der Waals surface area contributed by atoms with Crippen LogP contribution in [-0.2, 0) is 19.2 Å². The molecular formula is C80H154O8. The lowest BCUT2D eigenvalue weighted by atomic mass is 9.32.